The van der Waals surface area contributed by atoms with Crippen molar-refractivity contribution in [2.45, 2.75) is 19.9 Å². The first-order valence-electron chi connectivity index (χ1n) is 11.9. The van der Waals surface area contributed by atoms with Gasteiger partial charge >= 0.3 is 12.0 Å². The van der Waals surface area contributed by atoms with Crippen LogP contribution in [0.3, 0.4) is 0 Å². The van der Waals surface area contributed by atoms with Crippen LogP contribution in [0.15, 0.2) is 79.0 Å². The highest BCUT2D eigenvalue weighted by molar-refractivity contribution is 7.17. The molecule has 11 heteroatoms. The second-order valence-corrected chi connectivity index (χ2v) is 10.2. The van der Waals surface area contributed by atoms with Crippen LogP contribution in [0.1, 0.15) is 23.6 Å². The Morgan fingerprint density at radius 2 is 1.69 bits per heavy atom. The summed E-state index contributed by atoms with van der Waals surface area (Å²) in [4.78, 5) is 41.4. The van der Waals surface area contributed by atoms with Crippen LogP contribution >= 0.6 is 22.9 Å². The molecule has 1 atom stereocenters. The highest BCUT2D eigenvalue weighted by atomic mass is 35.5. The van der Waals surface area contributed by atoms with Crippen molar-refractivity contribution >= 4 is 52.2 Å². The Morgan fingerprint density at radius 3 is 2.36 bits per heavy atom. The molecule has 4 aromatic rings. The quantitative estimate of drug-likeness (QED) is 0.178. The third-order valence-electron chi connectivity index (χ3n) is 5.51. The highest BCUT2D eigenvalue weighted by Gasteiger charge is 2.25. The molecule has 0 aliphatic heterocycles. The van der Waals surface area contributed by atoms with Crippen LogP contribution in [0.5, 0.6) is 11.5 Å². The zero-order valence-corrected chi connectivity index (χ0v) is 22.5. The third-order valence-corrected chi connectivity index (χ3v) is 6.79. The van der Waals surface area contributed by atoms with E-state index in [0.29, 0.717) is 27.9 Å². The normalized spacial score (nSPS) is 11.5. The number of carboxylic acid groups (broad SMARTS) is 1. The number of amides is 3. The number of para-hydroxylation sites is 1. The monoisotopic (exact) mass is 564 g/mol. The van der Waals surface area contributed by atoms with E-state index in [2.05, 4.69) is 20.9 Å². The predicted octanol–water partition coefficient (Wildman–Crippen LogP) is 6.74. The summed E-state index contributed by atoms with van der Waals surface area (Å²) < 4.78 is 5.88. The van der Waals surface area contributed by atoms with Crippen LogP contribution in [0, 0.1) is 5.92 Å². The van der Waals surface area contributed by atoms with E-state index in [1.165, 1.54) is 0 Å². The Balaban J connectivity index is 1.39. The Labute approximate surface area is 233 Å². The SMILES string of the molecule is CC(C)C(NC(=O)c1ncc(-c2ccc(NC(=O)Nc3ccc(Cl)cc3Oc3ccccc3)cc2)s1)C(=O)O. The molecule has 3 amide bonds. The maximum Gasteiger partial charge on any atom is 0.326 e. The first kappa shape index (κ1) is 27.6. The summed E-state index contributed by atoms with van der Waals surface area (Å²) in [6.07, 6.45) is 1.55. The number of rotatable bonds is 9. The largest absolute Gasteiger partial charge is 0.480 e. The van der Waals surface area contributed by atoms with Gasteiger partial charge in [-0.2, -0.15) is 0 Å². The number of anilines is 2. The minimum atomic E-state index is -1.10. The lowest BCUT2D eigenvalue weighted by Gasteiger charge is -2.16. The number of halogens is 1. The number of hydrogen-bond donors (Lipinski definition) is 4. The van der Waals surface area contributed by atoms with E-state index >= 15 is 0 Å². The van der Waals surface area contributed by atoms with Crippen molar-refractivity contribution in [1.82, 2.24) is 10.3 Å². The Bertz CT molecular complexity index is 1480. The molecule has 1 aromatic heterocycles. The van der Waals surface area contributed by atoms with Gasteiger partial charge in [0.25, 0.3) is 5.91 Å². The fraction of sp³-hybridized carbons (Fsp3) is 0.143. The van der Waals surface area contributed by atoms with Crippen molar-refractivity contribution in [2.75, 3.05) is 10.6 Å². The molecule has 0 saturated heterocycles. The van der Waals surface area contributed by atoms with Gasteiger partial charge in [0.05, 0.1) is 10.6 Å². The standard InChI is InChI=1S/C28H25ClN4O5S/c1-16(2)24(27(35)36)33-25(34)26-30-15-23(39-26)17-8-11-19(12-9-17)31-28(37)32-21-13-10-18(29)14-22(21)38-20-6-4-3-5-7-20/h3-16,24H,1-2H3,(H,33,34)(H,35,36)(H2,31,32,37). The zero-order chi connectivity index (χ0) is 27.9. The zero-order valence-electron chi connectivity index (χ0n) is 21.0. The molecule has 0 aliphatic carbocycles. The van der Waals surface area contributed by atoms with Crippen molar-refractivity contribution in [3.63, 3.8) is 0 Å². The molecule has 0 spiro atoms. The first-order chi connectivity index (χ1) is 18.7. The van der Waals surface area contributed by atoms with Crippen molar-refractivity contribution < 1.29 is 24.2 Å². The van der Waals surface area contributed by atoms with Gasteiger partial charge in [-0.05, 0) is 47.9 Å². The number of nitrogens with zero attached hydrogens (tertiary/aromatic N) is 1. The maximum atomic E-state index is 12.7. The summed E-state index contributed by atoms with van der Waals surface area (Å²) >= 11 is 7.27. The van der Waals surface area contributed by atoms with Crippen LogP contribution in [-0.2, 0) is 4.79 Å². The predicted molar refractivity (Wildman–Crippen MR) is 152 cm³/mol. The van der Waals surface area contributed by atoms with Gasteiger partial charge in [-0.15, -0.1) is 11.3 Å². The number of hydrogen-bond acceptors (Lipinski definition) is 6. The molecule has 0 radical (unpaired) electrons. The molecule has 0 aliphatic rings. The van der Waals surface area contributed by atoms with Crippen LogP contribution in [-0.4, -0.2) is 34.0 Å². The fourth-order valence-corrected chi connectivity index (χ4v) is 4.52. The number of nitrogens with one attached hydrogen (secondary N) is 3. The first-order valence-corrected chi connectivity index (χ1v) is 13.1. The molecule has 4 rings (SSSR count). The average Bonchev–Trinajstić information content (AvgIpc) is 3.40. The minimum absolute atomic E-state index is 0.162. The number of benzene rings is 3. The summed E-state index contributed by atoms with van der Waals surface area (Å²) in [6, 6.07) is 19.6. The lowest BCUT2D eigenvalue weighted by atomic mass is 10.1. The average molecular weight is 565 g/mol. The lowest BCUT2D eigenvalue weighted by Crippen LogP contribution is -2.44. The van der Waals surface area contributed by atoms with E-state index in [4.69, 9.17) is 16.3 Å². The van der Waals surface area contributed by atoms with Gasteiger partial charge in [0.15, 0.2) is 10.8 Å². The molecule has 4 N–H and O–H groups in total. The van der Waals surface area contributed by atoms with Crippen LogP contribution < -0.4 is 20.7 Å². The van der Waals surface area contributed by atoms with Gasteiger partial charge in [-0.3, -0.25) is 4.79 Å². The smallest absolute Gasteiger partial charge is 0.326 e. The fourth-order valence-electron chi connectivity index (χ4n) is 3.53. The lowest BCUT2D eigenvalue weighted by molar-refractivity contribution is -0.140. The van der Waals surface area contributed by atoms with Gasteiger partial charge in [0.1, 0.15) is 11.8 Å². The number of aliphatic carboxylic acids is 1. The molecule has 3 aromatic carbocycles. The van der Waals surface area contributed by atoms with Crippen molar-refractivity contribution in [2.24, 2.45) is 5.92 Å². The Hall–Kier alpha value is -4.41. The molecule has 0 saturated carbocycles. The molecule has 9 nitrogen and oxygen atoms in total. The minimum Gasteiger partial charge on any atom is -0.480 e. The highest BCUT2D eigenvalue weighted by Crippen LogP contribution is 2.32. The van der Waals surface area contributed by atoms with Crippen LogP contribution in [0.2, 0.25) is 5.02 Å². The Kier molecular flexibility index (Phi) is 8.80. The topological polar surface area (TPSA) is 130 Å². The summed E-state index contributed by atoms with van der Waals surface area (Å²) in [7, 11) is 0. The Morgan fingerprint density at radius 1 is 0.974 bits per heavy atom. The van der Waals surface area contributed by atoms with Crippen LogP contribution in [0.25, 0.3) is 10.4 Å². The van der Waals surface area contributed by atoms with Crippen LogP contribution in [0.4, 0.5) is 16.2 Å². The number of carbonyl (C=O) groups is 3. The van der Waals surface area contributed by atoms with Crippen molar-refractivity contribution in [3.8, 4) is 21.9 Å². The van der Waals surface area contributed by atoms with Gasteiger partial charge < -0.3 is 25.8 Å². The number of urea groups is 1. The van der Waals surface area contributed by atoms with E-state index in [0.717, 1.165) is 21.8 Å². The van der Waals surface area contributed by atoms with E-state index in [1.54, 1.807) is 74.6 Å². The number of carboxylic acids is 1. The van der Waals surface area contributed by atoms with Crippen molar-refractivity contribution in [3.05, 3.63) is 89.0 Å². The van der Waals surface area contributed by atoms with E-state index < -0.39 is 23.9 Å². The number of ether oxygens (including phenoxy) is 1. The van der Waals surface area contributed by atoms with Gasteiger partial charge in [0.2, 0.25) is 0 Å². The molecule has 0 fully saturated rings. The second kappa shape index (κ2) is 12.4. The molecule has 1 unspecified atom stereocenters. The van der Waals surface area contributed by atoms with Gasteiger partial charge in [-0.25, -0.2) is 14.6 Å². The van der Waals surface area contributed by atoms with E-state index in [9.17, 15) is 19.5 Å². The molecule has 200 valence electrons. The summed E-state index contributed by atoms with van der Waals surface area (Å²) in [5.74, 6) is -0.916. The summed E-state index contributed by atoms with van der Waals surface area (Å²) in [6.45, 7) is 3.43. The summed E-state index contributed by atoms with van der Waals surface area (Å²) in [5.41, 5.74) is 1.77. The molecule has 1 heterocycles. The molecule has 0 bridgehead atoms. The van der Waals surface area contributed by atoms with E-state index in [-0.39, 0.29) is 10.9 Å². The van der Waals surface area contributed by atoms with Gasteiger partial charge in [0, 0.05) is 23.0 Å². The number of thiazole rings is 1. The number of aromatic nitrogens is 1. The van der Waals surface area contributed by atoms with E-state index in [1.807, 2.05) is 18.2 Å². The maximum absolute atomic E-state index is 12.7. The van der Waals surface area contributed by atoms with Crippen molar-refractivity contribution in [1.29, 1.82) is 0 Å². The van der Waals surface area contributed by atoms with Gasteiger partial charge in [-0.1, -0.05) is 55.8 Å². The molecular weight excluding hydrogens is 540 g/mol. The summed E-state index contributed by atoms with van der Waals surface area (Å²) in [5, 5.41) is 18.0. The second-order valence-electron chi connectivity index (χ2n) is 8.78. The molecular formula is C28H25ClN4O5S. The number of carbonyl (C=O) groups excluding carboxylic acids is 2. The molecule has 39 heavy (non-hydrogen) atoms. The third kappa shape index (κ3) is 7.34.